The van der Waals surface area contributed by atoms with E-state index in [4.69, 9.17) is 4.74 Å². The molecule has 1 aromatic rings. The Labute approximate surface area is 119 Å². The zero-order valence-corrected chi connectivity index (χ0v) is 12.0. The van der Waals surface area contributed by atoms with E-state index < -0.39 is 5.97 Å². The van der Waals surface area contributed by atoms with Gasteiger partial charge in [-0.2, -0.15) is 0 Å². The maximum atomic E-state index is 11.2. The number of hydrogen-bond acceptors (Lipinski definition) is 3. The van der Waals surface area contributed by atoms with Crippen LogP contribution in [0.5, 0.6) is 5.75 Å². The molecule has 3 rings (SSSR count). The average molecular weight is 275 g/mol. The molecule has 0 saturated carbocycles. The molecule has 20 heavy (non-hydrogen) atoms. The van der Waals surface area contributed by atoms with Crippen LogP contribution >= 0.6 is 0 Å². The quantitative estimate of drug-likeness (QED) is 0.917. The minimum absolute atomic E-state index is 0.0987. The Balaban J connectivity index is 1.63. The van der Waals surface area contributed by atoms with Gasteiger partial charge in [0.2, 0.25) is 0 Å². The van der Waals surface area contributed by atoms with Gasteiger partial charge in [0.05, 0.1) is 5.92 Å². The van der Waals surface area contributed by atoms with Crippen LogP contribution in [0, 0.1) is 12.8 Å². The lowest BCUT2D eigenvalue weighted by Gasteiger charge is -2.25. The van der Waals surface area contributed by atoms with E-state index in [0.717, 1.165) is 31.7 Å². The Kier molecular flexibility index (Phi) is 3.42. The number of aliphatic carboxylic acids is 1. The van der Waals surface area contributed by atoms with Crippen molar-refractivity contribution in [3.63, 3.8) is 0 Å². The lowest BCUT2D eigenvalue weighted by Crippen LogP contribution is -2.39. The second-order valence-electron chi connectivity index (χ2n) is 6.02. The summed E-state index contributed by atoms with van der Waals surface area (Å²) < 4.78 is 5.98. The smallest absolute Gasteiger partial charge is 0.308 e. The maximum Gasteiger partial charge on any atom is 0.308 e. The van der Waals surface area contributed by atoms with Crippen LogP contribution in [-0.4, -0.2) is 41.2 Å². The second kappa shape index (κ2) is 5.09. The minimum atomic E-state index is -0.675. The van der Waals surface area contributed by atoms with E-state index in [0.29, 0.717) is 0 Å². The number of carboxylic acid groups (broad SMARTS) is 1. The molecule has 2 aliphatic rings. The zero-order valence-electron chi connectivity index (χ0n) is 12.0. The van der Waals surface area contributed by atoms with Gasteiger partial charge in [-0.3, -0.25) is 9.69 Å². The van der Waals surface area contributed by atoms with E-state index in [-0.39, 0.29) is 18.1 Å². The van der Waals surface area contributed by atoms with Crippen LogP contribution in [-0.2, 0) is 11.2 Å². The third-order valence-corrected chi connectivity index (χ3v) is 4.60. The summed E-state index contributed by atoms with van der Waals surface area (Å²) in [6, 6.07) is 6.39. The minimum Gasteiger partial charge on any atom is -0.488 e. The molecule has 1 saturated heterocycles. The fourth-order valence-electron chi connectivity index (χ4n) is 3.40. The fourth-order valence-corrected chi connectivity index (χ4v) is 3.40. The molecule has 1 N–H and O–H groups in total. The Morgan fingerprint density at radius 3 is 3.00 bits per heavy atom. The van der Waals surface area contributed by atoms with Crippen LogP contribution in [0.15, 0.2) is 18.2 Å². The molecule has 4 nitrogen and oxygen atoms in total. The van der Waals surface area contributed by atoms with Crippen LogP contribution < -0.4 is 4.74 Å². The first kappa shape index (κ1) is 13.4. The number of fused-ring (bicyclic) bond motifs is 1. The van der Waals surface area contributed by atoms with Crippen LogP contribution in [0.2, 0.25) is 0 Å². The maximum absolute atomic E-state index is 11.2. The Bertz CT molecular complexity index is 528. The van der Waals surface area contributed by atoms with Gasteiger partial charge in [-0.05, 0) is 38.4 Å². The number of ether oxygens (including phenoxy) is 1. The van der Waals surface area contributed by atoms with Gasteiger partial charge in [0.15, 0.2) is 0 Å². The first-order valence-corrected chi connectivity index (χ1v) is 7.27. The number of benzene rings is 1. The molecule has 108 valence electrons. The number of nitrogens with zero attached hydrogens (tertiary/aromatic N) is 1. The van der Waals surface area contributed by atoms with Gasteiger partial charge in [-0.15, -0.1) is 0 Å². The van der Waals surface area contributed by atoms with Crippen molar-refractivity contribution in [1.82, 2.24) is 4.90 Å². The molecule has 3 atom stereocenters. The predicted molar refractivity (Wildman–Crippen MR) is 76.1 cm³/mol. The summed E-state index contributed by atoms with van der Waals surface area (Å²) in [6.07, 6.45) is 1.83. The number of rotatable bonds is 3. The van der Waals surface area contributed by atoms with E-state index in [1.807, 2.05) is 13.0 Å². The van der Waals surface area contributed by atoms with Crippen molar-refractivity contribution in [1.29, 1.82) is 0 Å². The van der Waals surface area contributed by atoms with Gasteiger partial charge in [-0.25, -0.2) is 0 Å². The fraction of sp³-hybridized carbons (Fsp3) is 0.562. The predicted octanol–water partition coefficient (Wildman–Crippen LogP) is 2.09. The monoisotopic (exact) mass is 275 g/mol. The highest BCUT2D eigenvalue weighted by Gasteiger charge is 2.37. The Hall–Kier alpha value is -1.55. The standard InChI is InChI=1S/C16H21NO3/c1-10-3-4-15-12(7-10)8-13(20-15)9-17-6-5-14(11(17)2)16(18)19/h3-4,7,11,13-14H,5-6,8-9H2,1-2H3,(H,18,19). The lowest BCUT2D eigenvalue weighted by atomic mass is 10.0. The van der Waals surface area contributed by atoms with E-state index in [9.17, 15) is 9.90 Å². The molecular formula is C16H21NO3. The summed E-state index contributed by atoms with van der Waals surface area (Å²) in [4.78, 5) is 13.4. The van der Waals surface area contributed by atoms with Crippen LogP contribution in [0.4, 0.5) is 0 Å². The van der Waals surface area contributed by atoms with E-state index >= 15 is 0 Å². The summed E-state index contributed by atoms with van der Waals surface area (Å²) in [5, 5.41) is 9.18. The molecule has 0 aromatic heterocycles. The van der Waals surface area contributed by atoms with Gasteiger partial charge in [0, 0.05) is 19.0 Å². The second-order valence-corrected chi connectivity index (χ2v) is 6.02. The van der Waals surface area contributed by atoms with Gasteiger partial charge >= 0.3 is 5.97 Å². The van der Waals surface area contributed by atoms with Gasteiger partial charge < -0.3 is 9.84 Å². The summed E-state index contributed by atoms with van der Waals surface area (Å²) in [7, 11) is 0. The molecule has 0 bridgehead atoms. The third kappa shape index (κ3) is 2.40. The van der Waals surface area contributed by atoms with Gasteiger partial charge in [0.1, 0.15) is 11.9 Å². The first-order chi connectivity index (χ1) is 9.54. The highest BCUT2D eigenvalue weighted by atomic mass is 16.5. The van der Waals surface area contributed by atoms with Crippen molar-refractivity contribution in [3.05, 3.63) is 29.3 Å². The topological polar surface area (TPSA) is 49.8 Å². The Morgan fingerprint density at radius 2 is 2.30 bits per heavy atom. The van der Waals surface area contributed by atoms with Crippen molar-refractivity contribution < 1.29 is 14.6 Å². The molecule has 0 aliphatic carbocycles. The largest absolute Gasteiger partial charge is 0.488 e. The highest BCUT2D eigenvalue weighted by molar-refractivity contribution is 5.71. The molecule has 0 amide bonds. The first-order valence-electron chi connectivity index (χ1n) is 7.27. The molecule has 2 aliphatic heterocycles. The lowest BCUT2D eigenvalue weighted by molar-refractivity contribution is -0.142. The summed E-state index contributed by atoms with van der Waals surface area (Å²) >= 11 is 0. The van der Waals surface area contributed by atoms with Crippen molar-refractivity contribution in [3.8, 4) is 5.75 Å². The summed E-state index contributed by atoms with van der Waals surface area (Å²) in [6.45, 7) is 5.78. The van der Waals surface area contributed by atoms with Crippen LogP contribution in [0.25, 0.3) is 0 Å². The number of likely N-dealkylation sites (tertiary alicyclic amines) is 1. The molecular weight excluding hydrogens is 254 g/mol. The van der Waals surface area contributed by atoms with Crippen molar-refractivity contribution in [2.75, 3.05) is 13.1 Å². The number of hydrogen-bond donors (Lipinski definition) is 1. The molecule has 1 fully saturated rings. The van der Waals surface area contributed by atoms with Crippen molar-refractivity contribution in [2.24, 2.45) is 5.92 Å². The summed E-state index contributed by atoms with van der Waals surface area (Å²) in [5.41, 5.74) is 2.53. The van der Waals surface area contributed by atoms with E-state index in [2.05, 4.69) is 24.0 Å². The van der Waals surface area contributed by atoms with Gasteiger partial charge in [-0.1, -0.05) is 17.7 Å². The van der Waals surface area contributed by atoms with Gasteiger partial charge in [0.25, 0.3) is 0 Å². The van der Waals surface area contributed by atoms with Crippen molar-refractivity contribution >= 4 is 5.97 Å². The zero-order chi connectivity index (χ0) is 14.3. The van der Waals surface area contributed by atoms with Crippen LogP contribution in [0.1, 0.15) is 24.5 Å². The van der Waals surface area contributed by atoms with Crippen LogP contribution in [0.3, 0.4) is 0 Å². The SMILES string of the molecule is Cc1ccc2c(c1)CC(CN1CCC(C(=O)O)C1C)O2. The normalized spacial score (nSPS) is 29.2. The number of carboxylic acids is 1. The average Bonchev–Trinajstić information content (AvgIpc) is 2.93. The molecule has 3 unspecified atom stereocenters. The number of aryl methyl sites for hydroxylation is 1. The third-order valence-electron chi connectivity index (χ3n) is 4.60. The molecule has 0 spiro atoms. The number of carbonyl (C=O) groups is 1. The summed E-state index contributed by atoms with van der Waals surface area (Å²) in [5.74, 6) is 0.0782. The molecule has 4 heteroatoms. The highest BCUT2D eigenvalue weighted by Crippen LogP contribution is 2.31. The van der Waals surface area contributed by atoms with E-state index in [1.54, 1.807) is 0 Å². The van der Waals surface area contributed by atoms with E-state index in [1.165, 1.54) is 11.1 Å². The van der Waals surface area contributed by atoms with Crippen molar-refractivity contribution in [2.45, 2.75) is 38.8 Å². The molecule has 2 heterocycles. The molecule has 1 aromatic carbocycles. The Morgan fingerprint density at radius 1 is 1.50 bits per heavy atom. The molecule has 0 radical (unpaired) electrons.